The first kappa shape index (κ1) is 25.6. The molecule has 0 aromatic heterocycles. The van der Waals surface area contributed by atoms with Crippen molar-refractivity contribution in [2.75, 3.05) is 6.61 Å². The van der Waals surface area contributed by atoms with Crippen molar-refractivity contribution in [2.24, 2.45) is 17.3 Å². The second-order valence-electron chi connectivity index (χ2n) is 9.46. The number of esters is 2. The van der Waals surface area contributed by atoms with Crippen molar-refractivity contribution in [1.29, 1.82) is 0 Å². The van der Waals surface area contributed by atoms with Crippen LogP contribution in [0.2, 0.25) is 0 Å². The first-order valence-corrected chi connectivity index (χ1v) is 11.2. The van der Waals surface area contributed by atoms with Gasteiger partial charge in [-0.1, -0.05) is 90.1 Å². The summed E-state index contributed by atoms with van der Waals surface area (Å²) in [7, 11) is 0. The zero-order valence-electron chi connectivity index (χ0n) is 20.1. The summed E-state index contributed by atoms with van der Waals surface area (Å²) in [6, 6.07) is 17.2. The number of hydrogen-bond acceptors (Lipinski definition) is 5. The fraction of sp³-hybridized carbons (Fsp3) is 0.481. The number of carbonyl (C=O) groups is 2. The maximum Gasteiger partial charge on any atom is 0.338 e. The lowest BCUT2D eigenvalue weighted by Crippen LogP contribution is -2.42. The van der Waals surface area contributed by atoms with Gasteiger partial charge in [0.2, 0.25) is 0 Å². The Labute approximate surface area is 192 Å². The summed E-state index contributed by atoms with van der Waals surface area (Å²) in [4.78, 5) is 25.1. The van der Waals surface area contributed by atoms with Crippen LogP contribution in [0.5, 0.6) is 0 Å². The minimum Gasteiger partial charge on any atom is -0.465 e. The lowest BCUT2D eigenvalue weighted by atomic mass is 9.81. The van der Waals surface area contributed by atoms with E-state index in [1.54, 1.807) is 19.9 Å². The Morgan fingerprint density at radius 1 is 0.875 bits per heavy atom. The first-order valence-electron chi connectivity index (χ1n) is 11.2. The van der Waals surface area contributed by atoms with Crippen molar-refractivity contribution in [3.8, 4) is 0 Å². The van der Waals surface area contributed by atoms with E-state index in [2.05, 4.69) is 0 Å². The number of hydrogen-bond donors (Lipinski definition) is 0. The largest absolute Gasteiger partial charge is 0.465 e. The standard InChI is InChI=1S/C27H36O5/c1-19(2)24(27(5,6)18-31-25(28)20(3)4)32-26(29)23-15-11-10-14-22(23)17-30-16-21-12-8-7-9-13-21/h7-15,19-20,24H,16-18H2,1-6H3. The smallest absolute Gasteiger partial charge is 0.338 e. The quantitative estimate of drug-likeness (QED) is 0.413. The van der Waals surface area contributed by atoms with E-state index in [1.807, 2.05) is 76.2 Å². The highest BCUT2D eigenvalue weighted by atomic mass is 16.6. The van der Waals surface area contributed by atoms with Gasteiger partial charge in [-0.2, -0.15) is 0 Å². The Morgan fingerprint density at radius 2 is 1.50 bits per heavy atom. The average molecular weight is 441 g/mol. The van der Waals surface area contributed by atoms with Crippen LogP contribution in [0.3, 0.4) is 0 Å². The van der Waals surface area contributed by atoms with Gasteiger partial charge in [-0.05, 0) is 23.1 Å². The summed E-state index contributed by atoms with van der Waals surface area (Å²) < 4.78 is 17.3. The highest BCUT2D eigenvalue weighted by Crippen LogP contribution is 2.31. The molecule has 1 atom stereocenters. The van der Waals surface area contributed by atoms with Crippen LogP contribution in [0, 0.1) is 17.3 Å². The van der Waals surface area contributed by atoms with Crippen LogP contribution < -0.4 is 0 Å². The van der Waals surface area contributed by atoms with Gasteiger partial charge in [0.15, 0.2) is 0 Å². The van der Waals surface area contributed by atoms with Crippen LogP contribution >= 0.6 is 0 Å². The second-order valence-corrected chi connectivity index (χ2v) is 9.46. The predicted molar refractivity (Wildman–Crippen MR) is 125 cm³/mol. The Morgan fingerprint density at radius 3 is 2.12 bits per heavy atom. The van der Waals surface area contributed by atoms with Gasteiger partial charge in [0, 0.05) is 5.41 Å². The molecule has 0 aliphatic heterocycles. The molecular weight excluding hydrogens is 404 g/mol. The first-order chi connectivity index (χ1) is 15.1. The monoisotopic (exact) mass is 440 g/mol. The summed E-state index contributed by atoms with van der Waals surface area (Å²) in [6.07, 6.45) is -0.423. The van der Waals surface area contributed by atoms with E-state index in [0.29, 0.717) is 18.8 Å². The van der Waals surface area contributed by atoms with Crippen LogP contribution in [0.1, 0.15) is 63.0 Å². The minimum atomic E-state index is -0.535. The lowest BCUT2D eigenvalue weighted by Gasteiger charge is -2.36. The van der Waals surface area contributed by atoms with E-state index < -0.39 is 17.5 Å². The molecule has 32 heavy (non-hydrogen) atoms. The maximum atomic E-state index is 13.1. The molecule has 2 rings (SSSR count). The molecule has 0 radical (unpaired) electrons. The topological polar surface area (TPSA) is 61.8 Å². The molecule has 2 aromatic carbocycles. The summed E-state index contributed by atoms with van der Waals surface area (Å²) >= 11 is 0. The molecule has 0 fully saturated rings. The van der Waals surface area contributed by atoms with Crippen LogP contribution in [-0.4, -0.2) is 24.6 Å². The molecule has 174 valence electrons. The van der Waals surface area contributed by atoms with Crippen molar-refractivity contribution in [3.63, 3.8) is 0 Å². The third-order valence-corrected chi connectivity index (χ3v) is 5.27. The fourth-order valence-electron chi connectivity index (χ4n) is 3.58. The fourth-order valence-corrected chi connectivity index (χ4v) is 3.58. The van der Waals surface area contributed by atoms with Crippen molar-refractivity contribution in [2.45, 2.75) is 60.9 Å². The molecule has 5 nitrogen and oxygen atoms in total. The molecule has 2 aromatic rings. The Balaban J connectivity index is 2.07. The molecule has 0 aliphatic carbocycles. The summed E-state index contributed by atoms with van der Waals surface area (Å²) in [6.45, 7) is 12.5. The maximum absolute atomic E-state index is 13.1. The zero-order chi connectivity index (χ0) is 23.7. The Kier molecular flexibility index (Phi) is 9.45. The molecule has 1 unspecified atom stereocenters. The number of carbonyl (C=O) groups excluding carboxylic acids is 2. The van der Waals surface area contributed by atoms with Crippen LogP contribution in [-0.2, 0) is 32.2 Å². The second kappa shape index (κ2) is 11.8. The summed E-state index contributed by atoms with van der Waals surface area (Å²) in [5.74, 6) is -0.805. The molecule has 0 aliphatic rings. The molecule has 0 amide bonds. The molecule has 0 heterocycles. The van der Waals surface area contributed by atoms with Crippen molar-refractivity contribution < 1.29 is 23.8 Å². The van der Waals surface area contributed by atoms with Crippen molar-refractivity contribution >= 4 is 11.9 Å². The molecule has 0 saturated carbocycles. The van der Waals surface area contributed by atoms with Crippen LogP contribution in [0.4, 0.5) is 0 Å². The highest BCUT2D eigenvalue weighted by molar-refractivity contribution is 5.91. The number of benzene rings is 2. The minimum absolute atomic E-state index is 0.0493. The predicted octanol–water partition coefficient (Wildman–Crippen LogP) is 5.81. The summed E-state index contributed by atoms with van der Waals surface area (Å²) in [5, 5.41) is 0. The third-order valence-electron chi connectivity index (χ3n) is 5.27. The van der Waals surface area contributed by atoms with Gasteiger partial charge in [-0.25, -0.2) is 4.79 Å². The van der Waals surface area contributed by atoms with E-state index >= 15 is 0 Å². The van der Waals surface area contributed by atoms with Gasteiger partial charge in [0.05, 0.1) is 31.3 Å². The molecule has 0 spiro atoms. The number of ether oxygens (including phenoxy) is 3. The van der Waals surface area contributed by atoms with E-state index in [4.69, 9.17) is 14.2 Å². The lowest BCUT2D eigenvalue weighted by molar-refractivity contribution is -0.153. The van der Waals surface area contributed by atoms with E-state index in [0.717, 1.165) is 11.1 Å². The van der Waals surface area contributed by atoms with E-state index in [-0.39, 0.29) is 24.4 Å². The van der Waals surface area contributed by atoms with Gasteiger partial charge < -0.3 is 14.2 Å². The Hall–Kier alpha value is -2.66. The van der Waals surface area contributed by atoms with Gasteiger partial charge in [0.25, 0.3) is 0 Å². The van der Waals surface area contributed by atoms with Gasteiger partial charge in [-0.3, -0.25) is 4.79 Å². The molecule has 0 N–H and O–H groups in total. The van der Waals surface area contributed by atoms with Gasteiger partial charge >= 0.3 is 11.9 Å². The molecule has 0 saturated heterocycles. The molecule has 0 bridgehead atoms. The molecular formula is C27H36O5. The zero-order valence-corrected chi connectivity index (χ0v) is 20.1. The number of rotatable bonds is 11. The van der Waals surface area contributed by atoms with Crippen LogP contribution in [0.25, 0.3) is 0 Å². The van der Waals surface area contributed by atoms with Crippen molar-refractivity contribution in [1.82, 2.24) is 0 Å². The van der Waals surface area contributed by atoms with Crippen LogP contribution in [0.15, 0.2) is 54.6 Å². The van der Waals surface area contributed by atoms with E-state index in [1.165, 1.54) is 0 Å². The normalized spacial score (nSPS) is 12.6. The third kappa shape index (κ3) is 7.49. The highest BCUT2D eigenvalue weighted by Gasteiger charge is 2.37. The molecule has 5 heteroatoms. The van der Waals surface area contributed by atoms with Gasteiger partial charge in [0.1, 0.15) is 6.10 Å². The van der Waals surface area contributed by atoms with Crippen molar-refractivity contribution in [3.05, 3.63) is 71.3 Å². The SMILES string of the molecule is CC(C)C(=O)OCC(C)(C)C(OC(=O)c1ccccc1COCc1ccccc1)C(C)C. The van der Waals surface area contributed by atoms with Gasteiger partial charge in [-0.15, -0.1) is 0 Å². The Bertz CT molecular complexity index is 871. The van der Waals surface area contributed by atoms with E-state index in [9.17, 15) is 9.59 Å². The summed E-state index contributed by atoms with van der Waals surface area (Å²) in [5.41, 5.74) is 1.80. The average Bonchev–Trinajstić information content (AvgIpc) is 2.76.